The van der Waals surface area contributed by atoms with E-state index in [1.54, 1.807) is 6.07 Å². The Balaban J connectivity index is 1.98. The fraction of sp³-hybridized carbons (Fsp3) is 0.154. The van der Waals surface area contributed by atoms with E-state index in [2.05, 4.69) is 15.3 Å². The van der Waals surface area contributed by atoms with Crippen molar-refractivity contribution < 1.29 is 13.2 Å². The molecule has 2 aromatic heterocycles. The van der Waals surface area contributed by atoms with Crippen molar-refractivity contribution in [3.8, 4) is 0 Å². The van der Waals surface area contributed by atoms with Crippen LogP contribution in [0.3, 0.4) is 0 Å². The van der Waals surface area contributed by atoms with Crippen LogP contribution in [0.15, 0.2) is 46.3 Å². The molecular weight excluding hydrogens is 301 g/mol. The van der Waals surface area contributed by atoms with Gasteiger partial charge in [0.15, 0.2) is 5.65 Å². The highest BCUT2D eigenvalue weighted by molar-refractivity contribution is 7.99. The van der Waals surface area contributed by atoms with Gasteiger partial charge in [-0.25, -0.2) is 0 Å². The van der Waals surface area contributed by atoms with Gasteiger partial charge < -0.3 is 0 Å². The molecule has 0 unspecified atom stereocenters. The Morgan fingerprint density at radius 2 is 1.71 bits per heavy atom. The third kappa shape index (κ3) is 2.85. The van der Waals surface area contributed by atoms with Crippen molar-refractivity contribution in [1.82, 2.24) is 19.8 Å². The first kappa shape index (κ1) is 13.9. The van der Waals surface area contributed by atoms with E-state index in [1.165, 1.54) is 17.8 Å². The second-order valence-electron chi connectivity index (χ2n) is 4.38. The summed E-state index contributed by atoms with van der Waals surface area (Å²) in [5, 5.41) is 11.0. The molecule has 108 valence electrons. The minimum Gasteiger partial charge on any atom is -0.188 e. The molecule has 0 saturated heterocycles. The van der Waals surface area contributed by atoms with Crippen LogP contribution in [0.25, 0.3) is 5.65 Å². The van der Waals surface area contributed by atoms with Gasteiger partial charge in [0.25, 0.3) is 5.82 Å². The molecule has 3 aromatic rings. The number of aryl methyl sites for hydroxylation is 1. The maximum absolute atomic E-state index is 12.8. The van der Waals surface area contributed by atoms with Gasteiger partial charge in [0, 0.05) is 4.90 Å². The topological polar surface area (TPSA) is 43.1 Å². The van der Waals surface area contributed by atoms with Gasteiger partial charge in [-0.3, -0.25) is 0 Å². The highest BCUT2D eigenvalue weighted by Crippen LogP contribution is 2.29. The zero-order valence-electron chi connectivity index (χ0n) is 10.8. The van der Waals surface area contributed by atoms with Gasteiger partial charge in [-0.2, -0.15) is 22.8 Å². The molecule has 3 rings (SSSR count). The first-order chi connectivity index (χ1) is 9.93. The Kier molecular flexibility index (Phi) is 3.32. The lowest BCUT2D eigenvalue weighted by Gasteiger charge is -2.05. The molecule has 8 heteroatoms. The fourth-order valence-corrected chi connectivity index (χ4v) is 2.50. The second-order valence-corrected chi connectivity index (χ2v) is 5.47. The average molecular weight is 310 g/mol. The van der Waals surface area contributed by atoms with Crippen LogP contribution in [-0.2, 0) is 6.18 Å². The van der Waals surface area contributed by atoms with Crippen molar-refractivity contribution in [3.05, 3.63) is 47.8 Å². The largest absolute Gasteiger partial charge is 0.453 e. The third-order valence-electron chi connectivity index (χ3n) is 2.74. The van der Waals surface area contributed by atoms with Crippen LogP contribution < -0.4 is 0 Å². The summed E-state index contributed by atoms with van der Waals surface area (Å²) in [6.45, 7) is 1.96. The minimum atomic E-state index is -4.58. The van der Waals surface area contributed by atoms with Gasteiger partial charge in [-0.1, -0.05) is 29.5 Å². The smallest absolute Gasteiger partial charge is 0.188 e. The Morgan fingerprint density at radius 1 is 1.00 bits per heavy atom. The van der Waals surface area contributed by atoms with Gasteiger partial charge >= 0.3 is 6.18 Å². The van der Waals surface area contributed by atoms with E-state index in [9.17, 15) is 13.2 Å². The highest BCUT2D eigenvalue weighted by Gasteiger charge is 2.37. The molecule has 0 aliphatic heterocycles. The second kappa shape index (κ2) is 5.03. The summed E-state index contributed by atoms with van der Waals surface area (Å²) in [6, 6.07) is 10.7. The van der Waals surface area contributed by atoms with Gasteiger partial charge in [0.2, 0.25) is 0 Å². The standard InChI is InChI=1S/C13H9F3N4S/c1-8-2-4-9(5-3-8)21-11-7-6-10-17-18-12(13(14,15)16)20(10)19-11/h2-7H,1H3. The number of halogens is 3. The van der Waals surface area contributed by atoms with Crippen LogP contribution in [0.5, 0.6) is 0 Å². The molecule has 0 radical (unpaired) electrons. The summed E-state index contributed by atoms with van der Waals surface area (Å²) in [5.41, 5.74) is 1.18. The first-order valence-electron chi connectivity index (χ1n) is 5.98. The van der Waals surface area contributed by atoms with Gasteiger partial charge in [-0.15, -0.1) is 10.2 Å². The van der Waals surface area contributed by atoms with E-state index >= 15 is 0 Å². The molecular formula is C13H9F3N4S. The maximum atomic E-state index is 12.8. The molecule has 4 nitrogen and oxygen atoms in total. The summed E-state index contributed by atoms with van der Waals surface area (Å²) >= 11 is 1.28. The fourth-order valence-electron chi connectivity index (χ4n) is 1.73. The molecule has 0 amide bonds. The summed E-state index contributed by atoms with van der Waals surface area (Å²) in [5.74, 6) is -1.12. The molecule has 0 aliphatic rings. The van der Waals surface area contributed by atoms with E-state index < -0.39 is 12.0 Å². The zero-order valence-corrected chi connectivity index (χ0v) is 11.6. The van der Waals surface area contributed by atoms with Crippen molar-refractivity contribution in [1.29, 1.82) is 0 Å². The Morgan fingerprint density at radius 3 is 2.38 bits per heavy atom. The molecule has 0 bridgehead atoms. The zero-order chi connectivity index (χ0) is 15.0. The van der Waals surface area contributed by atoms with E-state index in [1.807, 2.05) is 31.2 Å². The van der Waals surface area contributed by atoms with Gasteiger partial charge in [-0.05, 0) is 31.2 Å². The van der Waals surface area contributed by atoms with Crippen molar-refractivity contribution >= 4 is 17.4 Å². The molecule has 0 saturated carbocycles. The van der Waals surface area contributed by atoms with Crippen molar-refractivity contribution in [2.24, 2.45) is 0 Å². The monoisotopic (exact) mass is 310 g/mol. The van der Waals surface area contributed by atoms with Crippen LogP contribution in [0.2, 0.25) is 0 Å². The van der Waals surface area contributed by atoms with E-state index in [0.29, 0.717) is 5.03 Å². The maximum Gasteiger partial charge on any atom is 0.453 e. The number of alkyl halides is 3. The molecule has 2 heterocycles. The minimum absolute atomic E-state index is 0.0654. The average Bonchev–Trinajstić information content (AvgIpc) is 2.84. The van der Waals surface area contributed by atoms with Crippen molar-refractivity contribution in [3.63, 3.8) is 0 Å². The molecule has 0 fully saturated rings. The predicted molar refractivity (Wildman–Crippen MR) is 71.1 cm³/mol. The molecule has 0 spiro atoms. The van der Waals surface area contributed by atoms with Crippen LogP contribution in [0, 0.1) is 6.92 Å². The number of benzene rings is 1. The van der Waals surface area contributed by atoms with E-state index in [4.69, 9.17) is 0 Å². The number of fused-ring (bicyclic) bond motifs is 1. The lowest BCUT2D eigenvalue weighted by molar-refractivity contribution is -0.146. The van der Waals surface area contributed by atoms with Crippen LogP contribution in [-0.4, -0.2) is 19.8 Å². The molecule has 0 N–H and O–H groups in total. The summed E-state index contributed by atoms with van der Waals surface area (Å²) in [6.07, 6.45) is -4.58. The quantitative estimate of drug-likeness (QED) is 0.725. The third-order valence-corrected chi connectivity index (χ3v) is 3.67. The Bertz CT molecular complexity index is 780. The van der Waals surface area contributed by atoms with Gasteiger partial charge in [0.05, 0.1) is 0 Å². The predicted octanol–water partition coefficient (Wildman–Crippen LogP) is 3.60. The number of aromatic nitrogens is 4. The van der Waals surface area contributed by atoms with Crippen LogP contribution in [0.1, 0.15) is 11.4 Å². The number of nitrogens with zero attached hydrogens (tertiary/aromatic N) is 4. The number of rotatable bonds is 2. The van der Waals surface area contributed by atoms with Crippen LogP contribution >= 0.6 is 11.8 Å². The Hall–Kier alpha value is -2.09. The van der Waals surface area contributed by atoms with E-state index in [-0.39, 0.29) is 5.65 Å². The number of hydrogen-bond donors (Lipinski definition) is 0. The number of hydrogen-bond acceptors (Lipinski definition) is 4. The summed E-state index contributed by atoms with van der Waals surface area (Å²) in [7, 11) is 0. The van der Waals surface area contributed by atoms with Crippen molar-refractivity contribution in [2.45, 2.75) is 23.0 Å². The Labute approximate surface area is 122 Å². The normalized spacial score (nSPS) is 12.0. The van der Waals surface area contributed by atoms with Gasteiger partial charge in [0.1, 0.15) is 5.03 Å². The SMILES string of the molecule is Cc1ccc(Sc2ccc3nnc(C(F)(F)F)n3n2)cc1. The summed E-state index contributed by atoms with van der Waals surface area (Å²) in [4.78, 5) is 0.897. The summed E-state index contributed by atoms with van der Waals surface area (Å²) < 4.78 is 39.1. The first-order valence-corrected chi connectivity index (χ1v) is 6.79. The van der Waals surface area contributed by atoms with E-state index in [0.717, 1.165) is 15.0 Å². The molecule has 21 heavy (non-hydrogen) atoms. The van der Waals surface area contributed by atoms with Crippen LogP contribution in [0.4, 0.5) is 13.2 Å². The highest BCUT2D eigenvalue weighted by atomic mass is 32.2. The van der Waals surface area contributed by atoms with Crippen molar-refractivity contribution in [2.75, 3.05) is 0 Å². The molecule has 1 aromatic carbocycles. The molecule has 0 aliphatic carbocycles. The lowest BCUT2D eigenvalue weighted by Crippen LogP contribution is -2.12. The molecule has 0 atom stereocenters. The lowest BCUT2D eigenvalue weighted by atomic mass is 10.2.